The maximum Gasteiger partial charge on any atom is 0.265 e. The first-order valence-corrected chi connectivity index (χ1v) is 5.71. The Bertz CT molecular complexity index is 286. The quantitative estimate of drug-likeness (QED) is 0.503. The molecule has 0 radical (unpaired) electrons. The number of hydrogen-bond donors (Lipinski definition) is 0. The molecule has 0 aromatic carbocycles. The number of nitrogens with zero attached hydrogens (tertiary/aromatic N) is 1. The molecule has 0 aliphatic heterocycles. The molecule has 1 aliphatic rings. The lowest BCUT2D eigenvalue weighted by Crippen LogP contribution is -2.16. The van der Waals surface area contributed by atoms with E-state index >= 15 is 0 Å². The molecule has 0 unspecified atom stereocenters. The van der Waals surface area contributed by atoms with Crippen molar-refractivity contribution in [3.05, 3.63) is 23.9 Å². The van der Waals surface area contributed by atoms with Crippen LogP contribution in [0.25, 0.3) is 0 Å². The van der Waals surface area contributed by atoms with E-state index in [2.05, 4.69) is 25.2 Å². The van der Waals surface area contributed by atoms with Gasteiger partial charge in [-0.05, 0) is 25.5 Å². The second-order valence-electron chi connectivity index (χ2n) is 4.46. The first kappa shape index (κ1) is 13.1. The van der Waals surface area contributed by atoms with Crippen molar-refractivity contribution in [3.63, 3.8) is 0 Å². The molecule has 0 bridgehead atoms. The number of allylic oxidation sites excluding steroid dienone is 3. The van der Waals surface area contributed by atoms with Crippen LogP contribution in [-0.4, -0.2) is 13.1 Å². The molecule has 0 amide bonds. The largest absolute Gasteiger partial charge is 0.268 e. The lowest BCUT2D eigenvalue weighted by molar-refractivity contribution is 0.190. The number of hydrogen-bond acceptors (Lipinski definition) is 1. The summed E-state index contributed by atoms with van der Waals surface area (Å²) in [6.07, 6.45) is 2.73. The predicted molar refractivity (Wildman–Crippen MR) is 63.9 cm³/mol. The minimum Gasteiger partial charge on any atom is -0.268 e. The van der Waals surface area contributed by atoms with Gasteiger partial charge >= 0.3 is 0 Å². The zero-order valence-corrected chi connectivity index (χ0v) is 9.76. The van der Waals surface area contributed by atoms with Crippen molar-refractivity contribution in [1.29, 1.82) is 0 Å². The molecule has 0 atom stereocenters. The molecule has 0 spiro atoms. The maximum absolute atomic E-state index is 12.8. The Morgan fingerprint density at radius 1 is 1.31 bits per heavy atom. The van der Waals surface area contributed by atoms with Crippen molar-refractivity contribution in [2.24, 2.45) is 16.8 Å². The fourth-order valence-electron chi connectivity index (χ4n) is 2.30. The molecule has 0 N–H and O–H groups in total. The summed E-state index contributed by atoms with van der Waals surface area (Å²) in [5.74, 6) is 0.830. The molecular weight excluding hydrogens is 208 g/mol. The average molecular weight is 227 g/mol. The smallest absolute Gasteiger partial charge is 0.265 e. The second-order valence-corrected chi connectivity index (χ2v) is 4.46. The van der Waals surface area contributed by atoms with Gasteiger partial charge in [-0.25, -0.2) is 8.78 Å². The van der Waals surface area contributed by atoms with E-state index in [4.69, 9.17) is 0 Å². The van der Waals surface area contributed by atoms with Crippen molar-refractivity contribution in [3.8, 4) is 0 Å². The van der Waals surface area contributed by atoms with E-state index in [1.165, 1.54) is 6.08 Å². The average Bonchev–Trinajstić information content (AvgIpc) is 2.26. The van der Waals surface area contributed by atoms with Gasteiger partial charge in [-0.3, -0.25) is 4.99 Å². The summed E-state index contributed by atoms with van der Waals surface area (Å²) in [6, 6.07) is 0. The van der Waals surface area contributed by atoms with Gasteiger partial charge in [0.2, 0.25) is 0 Å². The van der Waals surface area contributed by atoms with Crippen molar-refractivity contribution in [2.45, 2.75) is 39.0 Å². The van der Waals surface area contributed by atoms with Crippen LogP contribution in [0.2, 0.25) is 0 Å². The third kappa shape index (κ3) is 3.00. The van der Waals surface area contributed by atoms with Crippen molar-refractivity contribution in [1.82, 2.24) is 0 Å². The number of aliphatic imine (C=N–C) groups is 1. The van der Waals surface area contributed by atoms with Crippen molar-refractivity contribution in [2.75, 3.05) is 0 Å². The predicted octanol–water partition coefficient (Wildman–Crippen LogP) is 4.22. The van der Waals surface area contributed by atoms with Gasteiger partial charge in [0.25, 0.3) is 6.43 Å². The molecule has 1 aliphatic carbocycles. The Kier molecular flexibility index (Phi) is 4.84. The van der Waals surface area contributed by atoms with Gasteiger partial charge in [0.05, 0.1) is 5.70 Å². The molecular formula is C13H19F2N. The van der Waals surface area contributed by atoms with Crippen LogP contribution in [0.5, 0.6) is 0 Å². The molecule has 3 heteroatoms. The van der Waals surface area contributed by atoms with Gasteiger partial charge in [0, 0.05) is 11.5 Å². The molecule has 1 saturated carbocycles. The summed E-state index contributed by atoms with van der Waals surface area (Å²) in [5, 5.41) is 0. The highest BCUT2D eigenvalue weighted by molar-refractivity contribution is 5.36. The second kappa shape index (κ2) is 5.92. The Morgan fingerprint density at radius 2 is 1.88 bits per heavy atom. The molecule has 0 aromatic heterocycles. The van der Waals surface area contributed by atoms with Crippen LogP contribution in [0, 0.1) is 11.8 Å². The zero-order chi connectivity index (χ0) is 12.1. The van der Waals surface area contributed by atoms with Gasteiger partial charge in [-0.15, -0.1) is 0 Å². The first-order valence-electron chi connectivity index (χ1n) is 5.71. The van der Waals surface area contributed by atoms with Gasteiger partial charge in [0.15, 0.2) is 0 Å². The summed E-state index contributed by atoms with van der Waals surface area (Å²) in [7, 11) is 0. The van der Waals surface area contributed by atoms with E-state index in [0.29, 0.717) is 11.6 Å². The number of halogens is 2. The highest BCUT2D eigenvalue weighted by Gasteiger charge is 2.25. The molecule has 16 heavy (non-hydrogen) atoms. The standard InChI is InChI=1S/C13H19F2N/c1-4-11(13(14)15)12(16-3)10-7-5-9(2)6-8-10/h4,9-10,13H,1,3,5-8H2,2H3/b12-11+. The Labute approximate surface area is 96.0 Å². The van der Waals surface area contributed by atoms with Gasteiger partial charge in [-0.1, -0.05) is 32.4 Å². The van der Waals surface area contributed by atoms with Crippen LogP contribution in [0.4, 0.5) is 8.78 Å². The Hall–Kier alpha value is -0.990. The monoisotopic (exact) mass is 227 g/mol. The third-order valence-corrected chi connectivity index (χ3v) is 3.32. The molecule has 0 heterocycles. The minimum atomic E-state index is -2.50. The fraction of sp³-hybridized carbons (Fsp3) is 0.615. The van der Waals surface area contributed by atoms with Crippen LogP contribution in [-0.2, 0) is 0 Å². The van der Waals surface area contributed by atoms with Crippen LogP contribution < -0.4 is 0 Å². The number of rotatable bonds is 4. The van der Waals surface area contributed by atoms with Crippen LogP contribution in [0.15, 0.2) is 28.9 Å². The molecule has 0 saturated heterocycles. The lowest BCUT2D eigenvalue weighted by Gasteiger charge is -2.27. The van der Waals surface area contributed by atoms with Gasteiger partial charge < -0.3 is 0 Å². The molecule has 1 rings (SSSR count). The number of alkyl halides is 2. The van der Waals surface area contributed by atoms with Crippen LogP contribution in [0.1, 0.15) is 32.6 Å². The summed E-state index contributed by atoms with van der Waals surface area (Å²) < 4.78 is 25.5. The zero-order valence-electron chi connectivity index (χ0n) is 9.76. The highest BCUT2D eigenvalue weighted by Crippen LogP contribution is 2.35. The summed E-state index contributed by atoms with van der Waals surface area (Å²) in [4.78, 5) is 3.81. The molecule has 0 aromatic rings. The SMILES string of the molecule is C=C/C(=C(\N=C)C1CCC(C)CC1)C(F)F. The highest BCUT2D eigenvalue weighted by atomic mass is 19.3. The lowest BCUT2D eigenvalue weighted by atomic mass is 9.80. The summed E-state index contributed by atoms with van der Waals surface area (Å²) in [5.41, 5.74) is 0.409. The topological polar surface area (TPSA) is 12.4 Å². The van der Waals surface area contributed by atoms with E-state index in [9.17, 15) is 8.78 Å². The van der Waals surface area contributed by atoms with E-state index in [-0.39, 0.29) is 11.5 Å². The van der Waals surface area contributed by atoms with E-state index < -0.39 is 6.43 Å². The van der Waals surface area contributed by atoms with Gasteiger partial charge in [-0.2, -0.15) is 0 Å². The summed E-state index contributed by atoms with van der Waals surface area (Å²) in [6.45, 7) is 9.05. The van der Waals surface area contributed by atoms with E-state index in [0.717, 1.165) is 25.7 Å². The Morgan fingerprint density at radius 3 is 2.25 bits per heavy atom. The first-order chi connectivity index (χ1) is 7.60. The Balaban J connectivity index is 2.88. The van der Waals surface area contributed by atoms with Crippen LogP contribution >= 0.6 is 0 Å². The maximum atomic E-state index is 12.8. The summed E-state index contributed by atoms with van der Waals surface area (Å²) >= 11 is 0. The molecule has 90 valence electrons. The molecule has 1 nitrogen and oxygen atoms in total. The van der Waals surface area contributed by atoms with Crippen LogP contribution in [0.3, 0.4) is 0 Å². The fourth-order valence-corrected chi connectivity index (χ4v) is 2.30. The van der Waals surface area contributed by atoms with Crippen molar-refractivity contribution >= 4 is 6.72 Å². The minimum absolute atomic E-state index is 0.0467. The third-order valence-electron chi connectivity index (χ3n) is 3.32. The van der Waals surface area contributed by atoms with Gasteiger partial charge in [0.1, 0.15) is 0 Å². The molecule has 1 fully saturated rings. The van der Waals surface area contributed by atoms with E-state index in [1.54, 1.807) is 0 Å². The van der Waals surface area contributed by atoms with Crippen molar-refractivity contribution < 1.29 is 8.78 Å². The normalized spacial score (nSPS) is 27.5. The van der Waals surface area contributed by atoms with E-state index in [1.807, 2.05) is 0 Å².